The van der Waals surface area contributed by atoms with E-state index in [1.807, 2.05) is 16.0 Å². The third kappa shape index (κ3) is 4.40. The molecular weight excluding hydrogens is 405 g/mol. The number of para-hydroxylation sites is 2. The molecule has 0 bridgehead atoms. The van der Waals surface area contributed by atoms with Gasteiger partial charge >= 0.3 is 0 Å². The molecule has 0 fully saturated rings. The van der Waals surface area contributed by atoms with Crippen molar-refractivity contribution in [3.05, 3.63) is 72.8 Å². The number of hydrogen-bond donors (Lipinski definition) is 0. The van der Waals surface area contributed by atoms with E-state index in [9.17, 15) is 10.1 Å². The molecule has 1 heterocycles. The Hall–Kier alpha value is -2.15. The number of rotatable bonds is 5. The second-order valence-electron chi connectivity index (χ2n) is 6.39. The lowest BCUT2D eigenvalue weighted by atomic mass is 10.1. The van der Waals surface area contributed by atoms with E-state index in [4.69, 9.17) is 23.2 Å². The lowest BCUT2D eigenvalue weighted by molar-refractivity contribution is -0.384. The number of benzene rings is 2. The molecule has 0 N–H and O–H groups in total. The molecule has 3 aromatic rings. The van der Waals surface area contributed by atoms with Gasteiger partial charge in [-0.05, 0) is 30.2 Å². The van der Waals surface area contributed by atoms with Crippen LogP contribution in [0.2, 0.25) is 10.0 Å². The van der Waals surface area contributed by atoms with Crippen molar-refractivity contribution in [1.82, 2.24) is 4.57 Å². The number of halogens is 2. The van der Waals surface area contributed by atoms with E-state index in [0.29, 0.717) is 33.0 Å². The summed E-state index contributed by atoms with van der Waals surface area (Å²) in [4.78, 5) is 16.1. The first-order chi connectivity index (χ1) is 12.9. The van der Waals surface area contributed by atoms with Gasteiger partial charge in [-0.15, -0.1) is 11.3 Å². The Morgan fingerprint density at radius 3 is 2.67 bits per heavy atom. The second-order valence-corrected chi connectivity index (χ2v) is 8.07. The molecule has 0 amide bonds. The SMILES string of the molecule is CC(C)Cn1c(-c2cc(Cl)ccc2Cl)csc1=Nc1ccccc1[N+](=O)[O-]. The summed E-state index contributed by atoms with van der Waals surface area (Å²) in [5.41, 5.74) is 2.00. The van der Waals surface area contributed by atoms with E-state index in [2.05, 4.69) is 18.8 Å². The molecule has 1 aromatic heterocycles. The molecule has 0 spiro atoms. The number of nitro groups is 1. The highest BCUT2D eigenvalue weighted by atomic mass is 35.5. The van der Waals surface area contributed by atoms with Gasteiger partial charge in [0.05, 0.1) is 15.6 Å². The number of nitro benzene ring substituents is 1. The highest BCUT2D eigenvalue weighted by molar-refractivity contribution is 7.07. The minimum absolute atomic E-state index is 0.0238. The molecule has 0 aliphatic heterocycles. The van der Waals surface area contributed by atoms with Crippen molar-refractivity contribution >= 4 is 45.9 Å². The summed E-state index contributed by atoms with van der Waals surface area (Å²) < 4.78 is 2.03. The summed E-state index contributed by atoms with van der Waals surface area (Å²) in [6.07, 6.45) is 0. The maximum absolute atomic E-state index is 11.3. The van der Waals surface area contributed by atoms with Gasteiger partial charge in [-0.1, -0.05) is 49.2 Å². The second kappa shape index (κ2) is 8.25. The first-order valence-corrected chi connectivity index (χ1v) is 9.92. The molecular formula is C19H17Cl2N3O2S. The number of nitrogens with zero attached hydrogens (tertiary/aromatic N) is 3. The van der Waals surface area contributed by atoms with Crippen molar-refractivity contribution in [2.45, 2.75) is 20.4 Å². The molecule has 5 nitrogen and oxygen atoms in total. The molecule has 0 aliphatic rings. The maximum atomic E-state index is 11.3. The minimum atomic E-state index is -0.423. The van der Waals surface area contributed by atoms with E-state index in [1.165, 1.54) is 17.4 Å². The lowest BCUT2D eigenvalue weighted by Gasteiger charge is -2.13. The number of aromatic nitrogens is 1. The molecule has 0 radical (unpaired) electrons. The molecule has 27 heavy (non-hydrogen) atoms. The van der Waals surface area contributed by atoms with Crippen LogP contribution in [-0.4, -0.2) is 9.49 Å². The molecule has 140 valence electrons. The first kappa shape index (κ1) is 19.6. The quantitative estimate of drug-likeness (QED) is 0.357. The lowest BCUT2D eigenvalue weighted by Crippen LogP contribution is -2.19. The van der Waals surface area contributed by atoms with Crippen LogP contribution in [0.5, 0.6) is 0 Å². The van der Waals surface area contributed by atoms with Crippen LogP contribution in [-0.2, 0) is 6.54 Å². The van der Waals surface area contributed by atoms with Crippen molar-refractivity contribution < 1.29 is 4.92 Å². The Labute approximate surface area is 170 Å². The molecule has 8 heteroatoms. The fourth-order valence-corrected chi connectivity index (χ4v) is 3.99. The van der Waals surface area contributed by atoms with Gasteiger partial charge in [0, 0.05) is 28.6 Å². The first-order valence-electron chi connectivity index (χ1n) is 8.28. The van der Waals surface area contributed by atoms with Crippen LogP contribution in [0.15, 0.2) is 52.8 Å². The van der Waals surface area contributed by atoms with Crippen LogP contribution >= 0.6 is 34.5 Å². The van der Waals surface area contributed by atoms with E-state index in [1.54, 1.807) is 30.3 Å². The van der Waals surface area contributed by atoms with Gasteiger partial charge in [-0.25, -0.2) is 4.99 Å². The molecule has 0 saturated heterocycles. The average molecular weight is 422 g/mol. The zero-order chi connectivity index (χ0) is 19.6. The van der Waals surface area contributed by atoms with Crippen molar-refractivity contribution in [2.75, 3.05) is 0 Å². The Kier molecular flexibility index (Phi) is 5.99. The zero-order valence-corrected chi connectivity index (χ0v) is 17.1. The summed E-state index contributed by atoms with van der Waals surface area (Å²) in [7, 11) is 0. The van der Waals surface area contributed by atoms with Gasteiger partial charge < -0.3 is 4.57 Å². The fourth-order valence-electron chi connectivity index (χ4n) is 2.69. The Bertz CT molecular complexity index is 1060. The van der Waals surface area contributed by atoms with E-state index in [0.717, 1.165) is 11.3 Å². The summed E-state index contributed by atoms with van der Waals surface area (Å²) in [5, 5.41) is 14.4. The topological polar surface area (TPSA) is 60.4 Å². The van der Waals surface area contributed by atoms with Crippen LogP contribution in [0.1, 0.15) is 13.8 Å². The van der Waals surface area contributed by atoms with Gasteiger partial charge in [0.25, 0.3) is 5.69 Å². The van der Waals surface area contributed by atoms with Gasteiger partial charge in [0.1, 0.15) is 5.69 Å². The number of thiazole rings is 1. The molecule has 2 aromatic carbocycles. The largest absolute Gasteiger partial charge is 0.316 e. The summed E-state index contributed by atoms with van der Waals surface area (Å²) in [6, 6.07) is 11.8. The van der Waals surface area contributed by atoms with Gasteiger partial charge in [-0.2, -0.15) is 0 Å². The minimum Gasteiger partial charge on any atom is -0.316 e. The van der Waals surface area contributed by atoms with Crippen LogP contribution in [0.25, 0.3) is 11.3 Å². The van der Waals surface area contributed by atoms with E-state index < -0.39 is 4.92 Å². The van der Waals surface area contributed by atoms with Crippen molar-refractivity contribution in [1.29, 1.82) is 0 Å². The van der Waals surface area contributed by atoms with Gasteiger partial charge in [0.15, 0.2) is 4.80 Å². The molecule has 0 saturated carbocycles. The van der Waals surface area contributed by atoms with Gasteiger partial charge in [0.2, 0.25) is 0 Å². The predicted octanol–water partition coefficient (Wildman–Crippen LogP) is 6.32. The zero-order valence-electron chi connectivity index (χ0n) is 14.7. The van der Waals surface area contributed by atoms with Crippen molar-refractivity contribution in [3.8, 4) is 11.3 Å². The van der Waals surface area contributed by atoms with Gasteiger partial charge in [-0.3, -0.25) is 10.1 Å². The Morgan fingerprint density at radius 1 is 1.22 bits per heavy atom. The molecule has 0 atom stereocenters. The average Bonchev–Trinajstić information content (AvgIpc) is 2.99. The van der Waals surface area contributed by atoms with E-state index in [-0.39, 0.29) is 5.69 Å². The smallest absolute Gasteiger partial charge is 0.294 e. The monoisotopic (exact) mass is 421 g/mol. The fraction of sp³-hybridized carbons (Fsp3) is 0.211. The summed E-state index contributed by atoms with van der Waals surface area (Å²) >= 11 is 14.0. The molecule has 0 unspecified atom stereocenters. The Balaban J connectivity index is 2.22. The third-order valence-corrected chi connectivity index (χ3v) is 5.27. The highest BCUT2D eigenvalue weighted by Gasteiger charge is 2.15. The van der Waals surface area contributed by atoms with Crippen LogP contribution in [0.3, 0.4) is 0 Å². The molecule has 3 rings (SSSR count). The summed E-state index contributed by atoms with van der Waals surface area (Å²) in [5.74, 6) is 0.348. The van der Waals surface area contributed by atoms with Crippen LogP contribution < -0.4 is 4.80 Å². The van der Waals surface area contributed by atoms with E-state index >= 15 is 0 Å². The van der Waals surface area contributed by atoms with Crippen LogP contribution in [0.4, 0.5) is 11.4 Å². The summed E-state index contributed by atoms with van der Waals surface area (Å²) in [6.45, 7) is 4.90. The normalized spacial score (nSPS) is 12.0. The predicted molar refractivity (Wildman–Crippen MR) is 111 cm³/mol. The standard InChI is InChI=1S/C19H17Cl2N3O2S/c1-12(2)10-23-18(14-9-13(20)7-8-15(14)21)11-27-19(23)22-16-5-3-4-6-17(16)24(25)26/h3-9,11-12H,10H2,1-2H3. The maximum Gasteiger partial charge on any atom is 0.294 e. The molecule has 0 aliphatic carbocycles. The number of hydrogen-bond acceptors (Lipinski definition) is 4. The van der Waals surface area contributed by atoms with Crippen molar-refractivity contribution in [3.63, 3.8) is 0 Å². The third-order valence-electron chi connectivity index (χ3n) is 3.84. The van der Waals surface area contributed by atoms with Crippen molar-refractivity contribution in [2.24, 2.45) is 10.9 Å². The highest BCUT2D eigenvalue weighted by Crippen LogP contribution is 2.32. The van der Waals surface area contributed by atoms with Crippen LogP contribution in [0, 0.1) is 16.0 Å². The Morgan fingerprint density at radius 2 is 1.96 bits per heavy atom.